The first-order valence-electron chi connectivity index (χ1n) is 7.71. The minimum atomic E-state index is 0.593. The molecule has 0 aromatic carbocycles. The van der Waals surface area contributed by atoms with E-state index in [1.807, 2.05) is 6.07 Å². The fourth-order valence-corrected chi connectivity index (χ4v) is 3.76. The van der Waals surface area contributed by atoms with Gasteiger partial charge in [0.05, 0.1) is 5.69 Å². The van der Waals surface area contributed by atoms with Crippen LogP contribution >= 0.6 is 15.9 Å². The average molecular weight is 351 g/mol. The summed E-state index contributed by atoms with van der Waals surface area (Å²) in [5.74, 6) is 1.12. The summed E-state index contributed by atoms with van der Waals surface area (Å²) in [5, 5.41) is 0.825. The van der Waals surface area contributed by atoms with Crippen LogP contribution in [0, 0.1) is 0 Å². The molecule has 0 radical (unpaired) electrons. The standard InChI is InChI=1S/C16H23BrN4/c1-3-20-10-7-13(8-11-20)19(2)16-14(12-17)21-9-5-4-6-15(21)18-16/h4-6,9,13H,3,7-8,10-12H2,1-2H3. The molecular weight excluding hydrogens is 328 g/mol. The summed E-state index contributed by atoms with van der Waals surface area (Å²) in [6.45, 7) is 5.80. The molecule has 0 unspecified atom stereocenters. The molecule has 5 heteroatoms. The molecule has 1 aliphatic heterocycles. The van der Waals surface area contributed by atoms with Crippen LogP contribution in [-0.4, -0.2) is 47.0 Å². The third-order valence-electron chi connectivity index (χ3n) is 4.62. The number of pyridine rings is 1. The number of nitrogens with zero attached hydrogens (tertiary/aromatic N) is 4. The molecule has 0 amide bonds. The van der Waals surface area contributed by atoms with Crippen molar-refractivity contribution >= 4 is 27.4 Å². The smallest absolute Gasteiger partial charge is 0.152 e. The van der Waals surface area contributed by atoms with Crippen molar-refractivity contribution in [3.8, 4) is 0 Å². The third kappa shape index (κ3) is 2.81. The topological polar surface area (TPSA) is 23.8 Å². The van der Waals surface area contributed by atoms with Crippen molar-refractivity contribution in [1.82, 2.24) is 14.3 Å². The first kappa shape index (κ1) is 14.9. The highest BCUT2D eigenvalue weighted by molar-refractivity contribution is 9.08. The Morgan fingerprint density at radius 2 is 2.10 bits per heavy atom. The second-order valence-electron chi connectivity index (χ2n) is 5.72. The maximum Gasteiger partial charge on any atom is 0.152 e. The van der Waals surface area contributed by atoms with Crippen LogP contribution in [0.25, 0.3) is 5.65 Å². The van der Waals surface area contributed by atoms with Gasteiger partial charge < -0.3 is 14.2 Å². The summed E-state index contributed by atoms with van der Waals surface area (Å²) in [4.78, 5) is 9.76. The van der Waals surface area contributed by atoms with Crippen molar-refractivity contribution in [3.05, 3.63) is 30.1 Å². The number of hydrogen-bond acceptors (Lipinski definition) is 3. The normalized spacial score (nSPS) is 17.5. The Morgan fingerprint density at radius 1 is 1.33 bits per heavy atom. The predicted octanol–water partition coefficient (Wildman–Crippen LogP) is 3.15. The number of rotatable bonds is 4. The second-order valence-corrected chi connectivity index (χ2v) is 6.28. The van der Waals surface area contributed by atoms with Gasteiger partial charge in [-0.3, -0.25) is 0 Å². The molecule has 3 heterocycles. The Balaban J connectivity index is 1.86. The highest BCUT2D eigenvalue weighted by Crippen LogP contribution is 2.27. The first-order chi connectivity index (χ1) is 10.2. The van der Waals surface area contributed by atoms with E-state index in [9.17, 15) is 0 Å². The number of aromatic nitrogens is 2. The van der Waals surface area contributed by atoms with Crippen molar-refractivity contribution < 1.29 is 0 Å². The summed E-state index contributed by atoms with van der Waals surface area (Å²) < 4.78 is 2.18. The zero-order valence-electron chi connectivity index (χ0n) is 12.8. The lowest BCUT2D eigenvalue weighted by atomic mass is 10.0. The second kappa shape index (κ2) is 6.36. The molecule has 4 nitrogen and oxygen atoms in total. The van der Waals surface area contributed by atoms with Crippen molar-refractivity contribution in [2.24, 2.45) is 0 Å². The van der Waals surface area contributed by atoms with E-state index >= 15 is 0 Å². The summed E-state index contributed by atoms with van der Waals surface area (Å²) in [7, 11) is 2.19. The van der Waals surface area contributed by atoms with E-state index in [2.05, 4.69) is 62.4 Å². The number of alkyl halides is 1. The molecule has 0 atom stereocenters. The molecule has 1 fully saturated rings. The molecule has 1 saturated heterocycles. The number of likely N-dealkylation sites (tertiary alicyclic amines) is 1. The lowest BCUT2D eigenvalue weighted by Crippen LogP contribution is -2.43. The highest BCUT2D eigenvalue weighted by atomic mass is 79.9. The van der Waals surface area contributed by atoms with Crippen LogP contribution < -0.4 is 4.90 Å². The minimum absolute atomic E-state index is 0.593. The van der Waals surface area contributed by atoms with Gasteiger partial charge in [-0.25, -0.2) is 4.98 Å². The van der Waals surface area contributed by atoms with Crippen molar-refractivity contribution in [2.45, 2.75) is 31.1 Å². The fourth-order valence-electron chi connectivity index (χ4n) is 3.24. The van der Waals surface area contributed by atoms with Crippen LogP contribution in [0.15, 0.2) is 24.4 Å². The summed E-state index contributed by atoms with van der Waals surface area (Å²) in [6, 6.07) is 6.77. The van der Waals surface area contributed by atoms with E-state index in [-0.39, 0.29) is 0 Å². The van der Waals surface area contributed by atoms with Gasteiger partial charge in [0.25, 0.3) is 0 Å². The lowest BCUT2D eigenvalue weighted by molar-refractivity contribution is 0.220. The van der Waals surface area contributed by atoms with E-state index in [1.165, 1.54) is 31.6 Å². The van der Waals surface area contributed by atoms with Gasteiger partial charge in [0, 0.05) is 37.7 Å². The molecule has 21 heavy (non-hydrogen) atoms. The Morgan fingerprint density at radius 3 is 2.76 bits per heavy atom. The fraction of sp³-hybridized carbons (Fsp3) is 0.562. The molecular formula is C16H23BrN4. The monoisotopic (exact) mass is 350 g/mol. The Bertz CT molecular complexity index is 601. The van der Waals surface area contributed by atoms with Gasteiger partial charge in [-0.05, 0) is 31.5 Å². The van der Waals surface area contributed by atoms with E-state index in [0.717, 1.165) is 23.3 Å². The molecule has 3 rings (SSSR count). The van der Waals surface area contributed by atoms with Gasteiger partial charge in [0.1, 0.15) is 5.65 Å². The molecule has 114 valence electrons. The molecule has 2 aromatic rings. The Kier molecular flexibility index (Phi) is 4.50. The predicted molar refractivity (Wildman–Crippen MR) is 91.4 cm³/mol. The molecule has 0 N–H and O–H groups in total. The number of imidazole rings is 1. The summed E-state index contributed by atoms with van der Waals surface area (Å²) >= 11 is 3.63. The van der Waals surface area contributed by atoms with Gasteiger partial charge >= 0.3 is 0 Å². The van der Waals surface area contributed by atoms with Crippen LogP contribution in [0.1, 0.15) is 25.5 Å². The number of fused-ring (bicyclic) bond motifs is 1. The molecule has 0 saturated carbocycles. The maximum atomic E-state index is 4.84. The molecule has 0 aliphatic carbocycles. The quantitative estimate of drug-likeness (QED) is 0.791. The number of anilines is 1. The summed E-state index contributed by atoms with van der Waals surface area (Å²) in [6.07, 6.45) is 4.54. The van der Waals surface area contributed by atoms with Crippen molar-refractivity contribution in [2.75, 3.05) is 31.6 Å². The molecule has 0 bridgehead atoms. The van der Waals surface area contributed by atoms with E-state index < -0.39 is 0 Å². The van der Waals surface area contributed by atoms with Crippen LogP contribution in [0.4, 0.5) is 5.82 Å². The van der Waals surface area contributed by atoms with E-state index in [1.54, 1.807) is 0 Å². The molecule has 0 spiro atoms. The van der Waals surface area contributed by atoms with E-state index in [4.69, 9.17) is 4.98 Å². The zero-order valence-corrected chi connectivity index (χ0v) is 14.4. The number of halogens is 1. The highest BCUT2D eigenvalue weighted by Gasteiger charge is 2.25. The largest absolute Gasteiger partial charge is 0.355 e. The maximum absolute atomic E-state index is 4.84. The van der Waals surface area contributed by atoms with Gasteiger partial charge in [-0.15, -0.1) is 0 Å². The average Bonchev–Trinajstić information content (AvgIpc) is 2.92. The number of hydrogen-bond donors (Lipinski definition) is 0. The SMILES string of the molecule is CCN1CCC(N(C)c2nc3ccccn3c2CBr)CC1. The summed E-state index contributed by atoms with van der Waals surface area (Å²) in [5.41, 5.74) is 2.27. The van der Waals surface area contributed by atoms with Crippen molar-refractivity contribution in [3.63, 3.8) is 0 Å². The first-order valence-corrected chi connectivity index (χ1v) is 8.83. The zero-order chi connectivity index (χ0) is 14.8. The van der Waals surface area contributed by atoms with Crippen LogP contribution in [-0.2, 0) is 5.33 Å². The Labute approximate surface area is 134 Å². The Hall–Kier alpha value is -1.07. The van der Waals surface area contributed by atoms with Gasteiger partial charge in [0.15, 0.2) is 5.82 Å². The van der Waals surface area contributed by atoms with Gasteiger partial charge in [-0.1, -0.05) is 28.9 Å². The van der Waals surface area contributed by atoms with Crippen molar-refractivity contribution in [1.29, 1.82) is 0 Å². The van der Waals surface area contributed by atoms with Gasteiger partial charge in [0.2, 0.25) is 0 Å². The van der Waals surface area contributed by atoms with Crippen LogP contribution in [0.3, 0.4) is 0 Å². The van der Waals surface area contributed by atoms with Crippen LogP contribution in [0.2, 0.25) is 0 Å². The molecule has 2 aromatic heterocycles. The van der Waals surface area contributed by atoms with Crippen LogP contribution in [0.5, 0.6) is 0 Å². The lowest BCUT2D eigenvalue weighted by Gasteiger charge is -2.36. The number of piperidine rings is 1. The molecule has 1 aliphatic rings. The van der Waals surface area contributed by atoms with Gasteiger partial charge in [-0.2, -0.15) is 0 Å². The van der Waals surface area contributed by atoms with E-state index in [0.29, 0.717) is 6.04 Å². The minimum Gasteiger partial charge on any atom is -0.355 e. The third-order valence-corrected chi connectivity index (χ3v) is 5.15.